The Balaban J connectivity index is 2.34. The number of pyridine rings is 1. The minimum Gasteiger partial charge on any atom is -0.435 e. The molecule has 0 saturated carbocycles. The second kappa shape index (κ2) is 5.34. The molecular weight excluding hydrogens is 268 g/mol. The van der Waals surface area contributed by atoms with Crippen molar-refractivity contribution in [1.82, 2.24) is 4.98 Å². The molecule has 1 saturated heterocycles. The molecule has 0 amide bonds. The van der Waals surface area contributed by atoms with E-state index in [1.165, 1.54) is 19.2 Å². The molecule has 0 N–H and O–H groups in total. The fraction of sp³-hybridized carbons (Fsp3) is 0.545. The molecule has 1 atom stereocenters. The van der Waals surface area contributed by atoms with Crippen molar-refractivity contribution >= 4 is 11.6 Å². The Morgan fingerprint density at radius 1 is 1.50 bits per heavy atom. The SMILES string of the molecule is COC1(c2cc(OC(F)F)cc(Cl)n2)CCOC1. The van der Waals surface area contributed by atoms with Crippen molar-refractivity contribution in [3.63, 3.8) is 0 Å². The quantitative estimate of drug-likeness (QED) is 0.795. The minimum absolute atomic E-state index is 0.0386. The Kier molecular flexibility index (Phi) is 3.99. The molecule has 1 aromatic heterocycles. The van der Waals surface area contributed by atoms with E-state index < -0.39 is 12.2 Å². The fourth-order valence-electron chi connectivity index (χ4n) is 1.89. The lowest BCUT2D eigenvalue weighted by Crippen LogP contribution is -2.30. The predicted molar refractivity (Wildman–Crippen MR) is 60.0 cm³/mol. The molecule has 0 bridgehead atoms. The van der Waals surface area contributed by atoms with Crippen LogP contribution in [0.15, 0.2) is 12.1 Å². The summed E-state index contributed by atoms with van der Waals surface area (Å²) in [5.41, 5.74) is -0.309. The Morgan fingerprint density at radius 3 is 2.83 bits per heavy atom. The number of methoxy groups -OCH3 is 1. The van der Waals surface area contributed by atoms with Crippen LogP contribution in [0.3, 0.4) is 0 Å². The van der Waals surface area contributed by atoms with Gasteiger partial charge in [-0.15, -0.1) is 0 Å². The molecule has 4 nitrogen and oxygen atoms in total. The number of hydrogen-bond acceptors (Lipinski definition) is 4. The van der Waals surface area contributed by atoms with Gasteiger partial charge in [0.1, 0.15) is 16.5 Å². The maximum Gasteiger partial charge on any atom is 0.387 e. The molecule has 7 heteroatoms. The first-order chi connectivity index (χ1) is 8.55. The zero-order chi connectivity index (χ0) is 13.2. The van der Waals surface area contributed by atoms with Crippen LogP contribution in [-0.2, 0) is 15.1 Å². The average molecular weight is 280 g/mol. The molecule has 0 aromatic carbocycles. The van der Waals surface area contributed by atoms with Gasteiger partial charge in [0.15, 0.2) is 0 Å². The van der Waals surface area contributed by atoms with Gasteiger partial charge in [0.25, 0.3) is 0 Å². The number of halogens is 3. The number of hydrogen-bond donors (Lipinski definition) is 0. The summed E-state index contributed by atoms with van der Waals surface area (Å²) in [5, 5.41) is 0.0754. The van der Waals surface area contributed by atoms with Crippen molar-refractivity contribution in [3.8, 4) is 5.75 Å². The van der Waals surface area contributed by atoms with Crippen LogP contribution in [0.4, 0.5) is 8.78 Å². The van der Waals surface area contributed by atoms with Crippen LogP contribution in [-0.4, -0.2) is 31.9 Å². The summed E-state index contributed by atoms with van der Waals surface area (Å²) in [6.07, 6.45) is 0.588. The van der Waals surface area contributed by atoms with Gasteiger partial charge in [0.2, 0.25) is 0 Å². The zero-order valence-corrected chi connectivity index (χ0v) is 10.4. The van der Waals surface area contributed by atoms with Crippen molar-refractivity contribution in [1.29, 1.82) is 0 Å². The van der Waals surface area contributed by atoms with Crippen LogP contribution in [0.1, 0.15) is 12.1 Å². The molecule has 100 valence electrons. The Labute approximate surface area is 108 Å². The largest absolute Gasteiger partial charge is 0.435 e. The Bertz CT molecular complexity index is 425. The van der Waals surface area contributed by atoms with Crippen molar-refractivity contribution in [2.75, 3.05) is 20.3 Å². The normalized spacial score (nSPS) is 23.6. The van der Waals surface area contributed by atoms with Crippen molar-refractivity contribution < 1.29 is 23.0 Å². The molecule has 1 aromatic rings. The minimum atomic E-state index is -2.91. The van der Waals surface area contributed by atoms with Crippen LogP contribution in [0.2, 0.25) is 5.15 Å². The van der Waals surface area contributed by atoms with Crippen molar-refractivity contribution in [2.45, 2.75) is 18.6 Å². The zero-order valence-electron chi connectivity index (χ0n) is 9.66. The van der Waals surface area contributed by atoms with E-state index in [1.807, 2.05) is 0 Å². The highest BCUT2D eigenvalue weighted by atomic mass is 35.5. The van der Waals surface area contributed by atoms with Gasteiger partial charge in [-0.05, 0) is 0 Å². The van der Waals surface area contributed by atoms with E-state index in [0.717, 1.165) is 0 Å². The number of rotatable bonds is 4. The average Bonchev–Trinajstić information content (AvgIpc) is 2.76. The Morgan fingerprint density at radius 2 is 2.28 bits per heavy atom. The topological polar surface area (TPSA) is 40.6 Å². The molecule has 18 heavy (non-hydrogen) atoms. The number of aromatic nitrogens is 1. The lowest BCUT2D eigenvalue weighted by Gasteiger charge is -2.25. The predicted octanol–water partition coefficient (Wildman–Crippen LogP) is 2.60. The van der Waals surface area contributed by atoms with Gasteiger partial charge in [-0.25, -0.2) is 4.98 Å². The summed E-state index contributed by atoms with van der Waals surface area (Å²) in [5.74, 6) is -0.0386. The summed E-state index contributed by atoms with van der Waals surface area (Å²) in [6.45, 7) is -2.08. The van der Waals surface area contributed by atoms with Crippen LogP contribution in [0.5, 0.6) is 5.75 Å². The molecule has 0 aliphatic carbocycles. The highest BCUT2D eigenvalue weighted by Gasteiger charge is 2.39. The van der Waals surface area contributed by atoms with Crippen molar-refractivity contribution in [3.05, 3.63) is 23.0 Å². The highest BCUT2D eigenvalue weighted by molar-refractivity contribution is 6.29. The fourth-order valence-corrected chi connectivity index (χ4v) is 2.09. The van der Waals surface area contributed by atoms with E-state index in [0.29, 0.717) is 25.3 Å². The number of nitrogens with zero attached hydrogens (tertiary/aromatic N) is 1. The van der Waals surface area contributed by atoms with Gasteiger partial charge in [-0.3, -0.25) is 0 Å². The molecule has 1 aliphatic heterocycles. The molecule has 2 heterocycles. The number of alkyl halides is 2. The maximum atomic E-state index is 12.2. The molecular formula is C11H12ClF2NO3. The molecule has 1 unspecified atom stereocenters. The van der Waals surface area contributed by atoms with E-state index in [-0.39, 0.29) is 10.9 Å². The third-order valence-electron chi connectivity index (χ3n) is 2.84. The highest BCUT2D eigenvalue weighted by Crippen LogP contribution is 2.35. The van der Waals surface area contributed by atoms with Gasteiger partial charge in [-0.1, -0.05) is 11.6 Å². The van der Waals surface area contributed by atoms with Crippen LogP contribution in [0, 0.1) is 0 Å². The summed E-state index contributed by atoms with van der Waals surface area (Å²) in [6, 6.07) is 2.63. The second-order valence-electron chi connectivity index (χ2n) is 3.89. The van der Waals surface area contributed by atoms with Crippen LogP contribution < -0.4 is 4.74 Å². The van der Waals surface area contributed by atoms with Crippen LogP contribution >= 0.6 is 11.6 Å². The molecule has 2 rings (SSSR count). The summed E-state index contributed by atoms with van der Waals surface area (Å²) in [4.78, 5) is 4.10. The molecule has 0 radical (unpaired) electrons. The summed E-state index contributed by atoms with van der Waals surface area (Å²) >= 11 is 5.80. The third kappa shape index (κ3) is 2.71. The summed E-state index contributed by atoms with van der Waals surface area (Å²) in [7, 11) is 1.52. The molecule has 1 fully saturated rings. The first-order valence-electron chi connectivity index (χ1n) is 5.31. The lowest BCUT2D eigenvalue weighted by atomic mass is 9.98. The molecule has 0 spiro atoms. The first kappa shape index (κ1) is 13.5. The van der Waals surface area contributed by atoms with Gasteiger partial charge >= 0.3 is 6.61 Å². The van der Waals surface area contributed by atoms with Crippen molar-refractivity contribution in [2.24, 2.45) is 0 Å². The smallest absolute Gasteiger partial charge is 0.387 e. The van der Waals surface area contributed by atoms with E-state index in [9.17, 15) is 8.78 Å². The van der Waals surface area contributed by atoms with E-state index in [2.05, 4.69) is 9.72 Å². The van der Waals surface area contributed by atoms with E-state index in [4.69, 9.17) is 21.1 Å². The Hall–Kier alpha value is -0.980. The van der Waals surface area contributed by atoms with Gasteiger partial charge < -0.3 is 14.2 Å². The second-order valence-corrected chi connectivity index (χ2v) is 4.28. The lowest BCUT2D eigenvalue weighted by molar-refractivity contribution is -0.0511. The van der Waals surface area contributed by atoms with Crippen LogP contribution in [0.25, 0.3) is 0 Å². The van der Waals surface area contributed by atoms with Gasteiger partial charge in [-0.2, -0.15) is 8.78 Å². The van der Waals surface area contributed by atoms with E-state index in [1.54, 1.807) is 0 Å². The maximum absolute atomic E-state index is 12.2. The number of ether oxygens (including phenoxy) is 3. The standard InChI is InChI=1S/C11H12ClF2NO3/c1-16-11(2-3-17-6-11)8-4-7(18-10(13)14)5-9(12)15-8/h4-5,10H,2-3,6H2,1H3. The molecule has 1 aliphatic rings. The monoisotopic (exact) mass is 279 g/mol. The first-order valence-corrected chi connectivity index (χ1v) is 5.69. The third-order valence-corrected chi connectivity index (χ3v) is 3.03. The van der Waals surface area contributed by atoms with Gasteiger partial charge in [0.05, 0.1) is 12.3 Å². The summed E-state index contributed by atoms with van der Waals surface area (Å²) < 4.78 is 39.4. The van der Waals surface area contributed by atoms with E-state index >= 15 is 0 Å². The van der Waals surface area contributed by atoms with Gasteiger partial charge in [0, 0.05) is 32.3 Å².